The van der Waals surface area contributed by atoms with Crippen molar-refractivity contribution in [2.24, 2.45) is 17.1 Å². The lowest BCUT2D eigenvalue weighted by Gasteiger charge is -2.34. The van der Waals surface area contributed by atoms with E-state index in [0.29, 0.717) is 25.9 Å². The quantitative estimate of drug-likeness (QED) is 0.670. The Labute approximate surface area is 99.8 Å². The number of carbonyl (C=O) groups excluding carboxylic acids is 2. The normalized spacial score (nSPS) is 17.9. The maximum absolute atomic E-state index is 12.0. The molecule has 1 fully saturated rings. The van der Waals surface area contributed by atoms with Crippen LogP contribution in [0.1, 0.15) is 26.7 Å². The van der Waals surface area contributed by atoms with Crippen LogP contribution < -0.4 is 5.73 Å². The molecule has 96 valence electrons. The molecule has 6 nitrogen and oxygen atoms in total. The van der Waals surface area contributed by atoms with Crippen LogP contribution >= 0.6 is 0 Å². The number of nitrogens with zero attached hydrogens (tertiary/aromatic N) is 1. The molecule has 0 unspecified atom stereocenters. The van der Waals surface area contributed by atoms with Gasteiger partial charge in [0.05, 0.1) is 0 Å². The molecule has 0 aromatic carbocycles. The highest BCUT2D eigenvalue weighted by molar-refractivity contribution is 6.01. The van der Waals surface area contributed by atoms with Gasteiger partial charge in [-0.3, -0.25) is 14.4 Å². The van der Waals surface area contributed by atoms with E-state index in [4.69, 9.17) is 10.8 Å². The van der Waals surface area contributed by atoms with Crippen molar-refractivity contribution in [3.63, 3.8) is 0 Å². The third-order valence-electron chi connectivity index (χ3n) is 3.25. The Hall–Kier alpha value is -1.59. The van der Waals surface area contributed by atoms with Gasteiger partial charge in [0.25, 0.3) is 0 Å². The number of amides is 2. The maximum Gasteiger partial charge on any atom is 0.318 e. The second-order valence-corrected chi connectivity index (χ2v) is 4.90. The van der Waals surface area contributed by atoms with E-state index in [-0.39, 0.29) is 11.8 Å². The van der Waals surface area contributed by atoms with Gasteiger partial charge in [0.15, 0.2) is 0 Å². The molecule has 3 N–H and O–H groups in total. The van der Waals surface area contributed by atoms with Crippen molar-refractivity contribution in [2.45, 2.75) is 26.7 Å². The minimum absolute atomic E-state index is 0.202. The number of carboxylic acid groups (broad SMARTS) is 1. The zero-order chi connectivity index (χ0) is 13.2. The lowest BCUT2D eigenvalue weighted by atomic mass is 9.89. The summed E-state index contributed by atoms with van der Waals surface area (Å²) in [5, 5.41) is 8.96. The van der Waals surface area contributed by atoms with Gasteiger partial charge in [0, 0.05) is 19.0 Å². The third kappa shape index (κ3) is 2.75. The topological polar surface area (TPSA) is 101 Å². The van der Waals surface area contributed by atoms with Crippen molar-refractivity contribution in [3.8, 4) is 0 Å². The summed E-state index contributed by atoms with van der Waals surface area (Å²) < 4.78 is 0. The molecule has 0 spiro atoms. The monoisotopic (exact) mass is 242 g/mol. The van der Waals surface area contributed by atoms with E-state index in [2.05, 4.69) is 0 Å². The van der Waals surface area contributed by atoms with Gasteiger partial charge in [-0.2, -0.15) is 0 Å². The Balaban J connectivity index is 2.63. The van der Waals surface area contributed by atoms with E-state index in [1.807, 2.05) is 0 Å². The molecule has 1 saturated heterocycles. The summed E-state index contributed by atoms with van der Waals surface area (Å²) in [6.45, 7) is 3.56. The van der Waals surface area contributed by atoms with E-state index >= 15 is 0 Å². The number of carbonyl (C=O) groups is 3. The van der Waals surface area contributed by atoms with E-state index in [1.165, 1.54) is 18.7 Å². The number of hydrogen-bond donors (Lipinski definition) is 2. The lowest BCUT2D eigenvalue weighted by Crippen LogP contribution is -2.49. The predicted octanol–water partition coefficient (Wildman–Crippen LogP) is -0.179. The van der Waals surface area contributed by atoms with Crippen molar-refractivity contribution in [1.29, 1.82) is 0 Å². The molecule has 0 aromatic rings. The first-order chi connectivity index (χ1) is 7.76. The summed E-state index contributed by atoms with van der Waals surface area (Å²) in [4.78, 5) is 35.4. The smallest absolute Gasteiger partial charge is 0.318 e. The maximum atomic E-state index is 12.0. The summed E-state index contributed by atoms with van der Waals surface area (Å²) in [7, 11) is 0. The van der Waals surface area contributed by atoms with Gasteiger partial charge in [0.1, 0.15) is 5.41 Å². The van der Waals surface area contributed by atoms with Gasteiger partial charge in [0.2, 0.25) is 11.8 Å². The molecule has 0 atom stereocenters. The fourth-order valence-corrected chi connectivity index (χ4v) is 1.85. The summed E-state index contributed by atoms with van der Waals surface area (Å²) in [6.07, 6.45) is 1.02. The molecule has 0 radical (unpaired) electrons. The van der Waals surface area contributed by atoms with Crippen LogP contribution in [0.5, 0.6) is 0 Å². The van der Waals surface area contributed by atoms with Crippen molar-refractivity contribution in [3.05, 3.63) is 0 Å². The van der Waals surface area contributed by atoms with Crippen LogP contribution in [0.25, 0.3) is 0 Å². The van der Waals surface area contributed by atoms with Gasteiger partial charge < -0.3 is 15.7 Å². The summed E-state index contributed by atoms with van der Waals surface area (Å²) >= 11 is 0. The third-order valence-corrected chi connectivity index (χ3v) is 3.25. The number of nitrogens with two attached hydrogens (primary N) is 1. The van der Waals surface area contributed by atoms with Crippen LogP contribution in [0, 0.1) is 11.3 Å². The summed E-state index contributed by atoms with van der Waals surface area (Å²) in [5.74, 6) is -2.10. The molecule has 2 amide bonds. The first-order valence-corrected chi connectivity index (χ1v) is 5.59. The van der Waals surface area contributed by atoms with Gasteiger partial charge in [-0.05, 0) is 26.7 Å². The highest BCUT2D eigenvalue weighted by Crippen LogP contribution is 2.24. The van der Waals surface area contributed by atoms with Crippen LogP contribution in [0.2, 0.25) is 0 Å². The zero-order valence-corrected chi connectivity index (χ0v) is 10.1. The largest absolute Gasteiger partial charge is 0.480 e. The molecule has 0 aliphatic carbocycles. The zero-order valence-electron chi connectivity index (χ0n) is 10.1. The van der Waals surface area contributed by atoms with Gasteiger partial charge in [-0.25, -0.2) is 0 Å². The predicted molar refractivity (Wildman–Crippen MR) is 59.9 cm³/mol. The summed E-state index contributed by atoms with van der Waals surface area (Å²) in [5.41, 5.74) is 3.77. The first-order valence-electron chi connectivity index (χ1n) is 5.59. The Morgan fingerprint density at radius 1 is 1.24 bits per heavy atom. The number of primary amides is 1. The highest BCUT2D eigenvalue weighted by Gasteiger charge is 2.40. The number of piperidine rings is 1. The fraction of sp³-hybridized carbons (Fsp3) is 0.727. The Morgan fingerprint density at radius 2 is 1.71 bits per heavy atom. The molecule has 0 bridgehead atoms. The molecule has 1 aliphatic rings. The van der Waals surface area contributed by atoms with Gasteiger partial charge in [-0.15, -0.1) is 0 Å². The Kier molecular flexibility index (Phi) is 3.75. The molecule has 0 aromatic heterocycles. The standard InChI is InChI=1S/C11H18N2O4/c1-11(2,10(16)17)9(15)13-5-3-7(4-6-13)8(12)14/h7H,3-6H2,1-2H3,(H2,12,14)(H,16,17). The molecule has 0 saturated carbocycles. The van der Waals surface area contributed by atoms with Gasteiger partial charge in [-0.1, -0.05) is 0 Å². The number of carboxylic acids is 1. The van der Waals surface area contributed by atoms with Crippen LogP contribution in [0.15, 0.2) is 0 Å². The minimum Gasteiger partial charge on any atom is -0.480 e. The number of aliphatic carboxylic acids is 1. The molecular weight excluding hydrogens is 224 g/mol. The second kappa shape index (κ2) is 4.73. The second-order valence-electron chi connectivity index (χ2n) is 4.90. The first kappa shape index (κ1) is 13.5. The van der Waals surface area contributed by atoms with E-state index in [9.17, 15) is 14.4 Å². The molecule has 6 heteroatoms. The van der Waals surface area contributed by atoms with Crippen molar-refractivity contribution in [2.75, 3.05) is 13.1 Å². The van der Waals surface area contributed by atoms with Gasteiger partial charge >= 0.3 is 5.97 Å². The minimum atomic E-state index is -1.42. The lowest BCUT2D eigenvalue weighted by molar-refractivity contribution is -0.159. The van der Waals surface area contributed by atoms with Crippen LogP contribution in [-0.4, -0.2) is 40.9 Å². The van der Waals surface area contributed by atoms with Crippen molar-refractivity contribution >= 4 is 17.8 Å². The number of rotatable bonds is 3. The Morgan fingerprint density at radius 3 is 2.06 bits per heavy atom. The fourth-order valence-electron chi connectivity index (χ4n) is 1.85. The SMILES string of the molecule is CC(C)(C(=O)O)C(=O)N1CCC(C(N)=O)CC1. The number of likely N-dealkylation sites (tertiary alicyclic amines) is 1. The molecule has 17 heavy (non-hydrogen) atoms. The highest BCUT2D eigenvalue weighted by atomic mass is 16.4. The van der Waals surface area contributed by atoms with E-state index in [1.54, 1.807) is 0 Å². The molecule has 1 rings (SSSR count). The molecule has 1 aliphatic heterocycles. The van der Waals surface area contributed by atoms with Crippen LogP contribution in [0.4, 0.5) is 0 Å². The van der Waals surface area contributed by atoms with Crippen LogP contribution in [0.3, 0.4) is 0 Å². The average Bonchev–Trinajstić information content (AvgIpc) is 2.27. The molecular formula is C11H18N2O4. The van der Waals surface area contributed by atoms with Crippen molar-refractivity contribution in [1.82, 2.24) is 4.90 Å². The number of hydrogen-bond acceptors (Lipinski definition) is 3. The average molecular weight is 242 g/mol. The molecule has 1 heterocycles. The van der Waals surface area contributed by atoms with E-state index in [0.717, 1.165) is 0 Å². The summed E-state index contributed by atoms with van der Waals surface area (Å²) in [6, 6.07) is 0. The Bertz CT molecular complexity index is 343. The van der Waals surface area contributed by atoms with Crippen molar-refractivity contribution < 1.29 is 19.5 Å². The van der Waals surface area contributed by atoms with Crippen LogP contribution in [-0.2, 0) is 14.4 Å². The van der Waals surface area contributed by atoms with E-state index < -0.39 is 17.3 Å².